The van der Waals surface area contributed by atoms with Gasteiger partial charge < -0.3 is 9.88 Å². The summed E-state index contributed by atoms with van der Waals surface area (Å²) < 4.78 is 15.3. The predicted molar refractivity (Wildman–Crippen MR) is 78.0 cm³/mol. The van der Waals surface area contributed by atoms with E-state index in [1.54, 1.807) is 12.5 Å². The molecule has 0 saturated carbocycles. The van der Waals surface area contributed by atoms with Crippen molar-refractivity contribution in [1.29, 1.82) is 0 Å². The molecular weight excluding hydrogens is 299 g/mol. The van der Waals surface area contributed by atoms with Crippen LogP contribution in [0.4, 0.5) is 15.8 Å². The van der Waals surface area contributed by atoms with Crippen molar-refractivity contribution >= 4 is 23.0 Å². The molecule has 1 aromatic carbocycles. The largest absolute Gasteiger partial charge is 0.379 e. The maximum atomic E-state index is 13.4. The van der Waals surface area contributed by atoms with E-state index in [9.17, 15) is 14.5 Å². The molecule has 21 heavy (non-hydrogen) atoms. The lowest BCUT2D eigenvalue weighted by Crippen LogP contribution is -2.06. The molecule has 0 aliphatic rings. The van der Waals surface area contributed by atoms with Crippen molar-refractivity contribution in [3.63, 3.8) is 0 Å². The first-order chi connectivity index (χ1) is 10.1. The molecule has 0 spiro atoms. The Balaban J connectivity index is 1.87. The fourth-order valence-electron chi connectivity index (χ4n) is 1.89. The summed E-state index contributed by atoms with van der Waals surface area (Å²) in [6.07, 6.45) is 6.98. The number of hydrogen-bond acceptors (Lipinski definition) is 4. The summed E-state index contributed by atoms with van der Waals surface area (Å²) in [5.74, 6) is -0.678. The Kier molecular flexibility index (Phi) is 5.10. The smallest absolute Gasteiger partial charge is 0.294 e. The number of nitrogens with one attached hydrogen (secondary N) is 1. The Morgan fingerprint density at radius 3 is 2.90 bits per heavy atom. The molecule has 0 aliphatic carbocycles. The van der Waals surface area contributed by atoms with Crippen LogP contribution < -0.4 is 5.32 Å². The predicted octanol–water partition coefficient (Wildman–Crippen LogP) is 3.48. The minimum absolute atomic E-state index is 0.143. The summed E-state index contributed by atoms with van der Waals surface area (Å²) in [5, 5.41) is 13.5. The van der Waals surface area contributed by atoms with Crippen LogP contribution in [-0.2, 0) is 6.54 Å². The second kappa shape index (κ2) is 7.03. The van der Waals surface area contributed by atoms with Crippen LogP contribution in [-0.4, -0.2) is 21.0 Å². The van der Waals surface area contributed by atoms with Crippen LogP contribution in [0.2, 0.25) is 5.02 Å². The van der Waals surface area contributed by atoms with E-state index in [1.807, 2.05) is 10.8 Å². The molecule has 1 N–H and O–H groups in total. The molecule has 0 aliphatic heterocycles. The number of nitro benzene ring substituents is 1. The van der Waals surface area contributed by atoms with Gasteiger partial charge in [-0.3, -0.25) is 10.1 Å². The van der Waals surface area contributed by atoms with Crippen molar-refractivity contribution in [3.8, 4) is 0 Å². The monoisotopic (exact) mass is 312 g/mol. The molecule has 1 heterocycles. The molecule has 0 unspecified atom stereocenters. The van der Waals surface area contributed by atoms with Gasteiger partial charge in [-0.25, -0.2) is 9.37 Å². The lowest BCUT2D eigenvalue weighted by molar-refractivity contribution is -0.384. The first-order valence-corrected chi connectivity index (χ1v) is 6.79. The van der Waals surface area contributed by atoms with Crippen LogP contribution in [0.15, 0.2) is 30.9 Å². The normalized spacial score (nSPS) is 10.6. The summed E-state index contributed by atoms with van der Waals surface area (Å²) in [4.78, 5) is 14.3. The van der Waals surface area contributed by atoms with Crippen LogP contribution in [0.3, 0.4) is 0 Å². The zero-order valence-corrected chi connectivity index (χ0v) is 11.9. The van der Waals surface area contributed by atoms with Crippen molar-refractivity contribution in [2.45, 2.75) is 19.4 Å². The zero-order valence-electron chi connectivity index (χ0n) is 11.1. The number of aromatic nitrogens is 2. The Hall–Kier alpha value is -2.15. The highest BCUT2D eigenvalue weighted by Gasteiger charge is 2.17. The lowest BCUT2D eigenvalue weighted by Gasteiger charge is -2.08. The molecule has 8 heteroatoms. The van der Waals surface area contributed by atoms with E-state index in [-0.39, 0.29) is 16.4 Å². The van der Waals surface area contributed by atoms with Gasteiger partial charge in [0, 0.05) is 37.6 Å². The topological polar surface area (TPSA) is 73.0 Å². The Morgan fingerprint density at radius 1 is 1.43 bits per heavy atom. The number of benzene rings is 1. The van der Waals surface area contributed by atoms with Crippen LogP contribution in [0.1, 0.15) is 12.8 Å². The molecular formula is C13H14ClFN4O2. The number of halogens is 2. The summed E-state index contributed by atoms with van der Waals surface area (Å²) in [6.45, 7) is 1.33. The average Bonchev–Trinajstić information content (AvgIpc) is 2.95. The highest BCUT2D eigenvalue weighted by molar-refractivity contribution is 6.31. The Morgan fingerprint density at radius 2 is 2.24 bits per heavy atom. The second-order valence-electron chi connectivity index (χ2n) is 4.47. The van der Waals surface area contributed by atoms with Crippen LogP contribution in [0.25, 0.3) is 0 Å². The molecule has 112 valence electrons. The lowest BCUT2D eigenvalue weighted by atomic mass is 10.2. The van der Waals surface area contributed by atoms with E-state index < -0.39 is 10.7 Å². The van der Waals surface area contributed by atoms with E-state index >= 15 is 0 Å². The van der Waals surface area contributed by atoms with Crippen molar-refractivity contribution in [2.24, 2.45) is 0 Å². The number of rotatable bonds is 7. The third kappa shape index (κ3) is 4.16. The molecule has 2 rings (SSSR count). The number of anilines is 1. The highest BCUT2D eigenvalue weighted by atomic mass is 35.5. The number of nitro groups is 1. The third-order valence-electron chi connectivity index (χ3n) is 2.95. The average molecular weight is 313 g/mol. The highest BCUT2D eigenvalue weighted by Crippen LogP contribution is 2.30. The SMILES string of the molecule is O=[N+]([O-])c1cc(Cl)c(F)cc1NCCCCn1ccnc1. The van der Waals surface area contributed by atoms with E-state index in [0.29, 0.717) is 6.54 Å². The maximum Gasteiger partial charge on any atom is 0.294 e. The molecule has 2 aromatic rings. The minimum atomic E-state index is -0.678. The van der Waals surface area contributed by atoms with Gasteiger partial charge in [0.2, 0.25) is 0 Å². The van der Waals surface area contributed by atoms with E-state index in [0.717, 1.165) is 31.5 Å². The first kappa shape index (κ1) is 15.2. The first-order valence-electron chi connectivity index (χ1n) is 6.41. The zero-order chi connectivity index (χ0) is 15.2. The summed E-state index contributed by atoms with van der Waals surface area (Å²) in [6, 6.07) is 2.07. The minimum Gasteiger partial charge on any atom is -0.379 e. The quantitative estimate of drug-likeness (QED) is 0.482. The van der Waals surface area contributed by atoms with Gasteiger partial charge in [0.15, 0.2) is 0 Å². The van der Waals surface area contributed by atoms with Gasteiger partial charge in [0.25, 0.3) is 5.69 Å². The van der Waals surface area contributed by atoms with Crippen LogP contribution in [0, 0.1) is 15.9 Å². The molecule has 0 fully saturated rings. The van der Waals surface area contributed by atoms with Gasteiger partial charge >= 0.3 is 0 Å². The van der Waals surface area contributed by atoms with Crippen molar-refractivity contribution in [1.82, 2.24) is 9.55 Å². The number of unbranched alkanes of at least 4 members (excludes halogenated alkanes) is 1. The number of nitrogens with zero attached hydrogens (tertiary/aromatic N) is 3. The fraction of sp³-hybridized carbons (Fsp3) is 0.308. The van der Waals surface area contributed by atoms with Gasteiger partial charge in [-0.1, -0.05) is 11.6 Å². The van der Waals surface area contributed by atoms with E-state index in [4.69, 9.17) is 11.6 Å². The number of hydrogen-bond donors (Lipinski definition) is 1. The van der Waals surface area contributed by atoms with E-state index in [2.05, 4.69) is 10.3 Å². The Labute approximate surface area is 125 Å². The van der Waals surface area contributed by atoms with Gasteiger partial charge in [-0.2, -0.15) is 0 Å². The van der Waals surface area contributed by atoms with Crippen molar-refractivity contribution < 1.29 is 9.31 Å². The van der Waals surface area contributed by atoms with Gasteiger partial charge in [-0.15, -0.1) is 0 Å². The molecule has 6 nitrogen and oxygen atoms in total. The number of aryl methyl sites for hydroxylation is 1. The molecule has 0 radical (unpaired) electrons. The fourth-order valence-corrected chi connectivity index (χ4v) is 2.05. The van der Waals surface area contributed by atoms with Crippen molar-refractivity contribution in [3.05, 3.63) is 51.8 Å². The van der Waals surface area contributed by atoms with Crippen LogP contribution >= 0.6 is 11.6 Å². The molecule has 1 aromatic heterocycles. The molecule has 0 atom stereocenters. The summed E-state index contributed by atoms with van der Waals surface area (Å²) in [7, 11) is 0. The molecule has 0 saturated heterocycles. The van der Waals surface area contributed by atoms with Gasteiger partial charge in [-0.05, 0) is 12.8 Å². The van der Waals surface area contributed by atoms with E-state index in [1.165, 1.54) is 0 Å². The van der Waals surface area contributed by atoms with Crippen molar-refractivity contribution in [2.75, 3.05) is 11.9 Å². The van der Waals surface area contributed by atoms with Gasteiger partial charge in [0.05, 0.1) is 16.3 Å². The van der Waals surface area contributed by atoms with Gasteiger partial charge in [0.1, 0.15) is 11.5 Å². The number of imidazole rings is 1. The molecule has 0 bridgehead atoms. The summed E-state index contributed by atoms with van der Waals surface area (Å²) in [5.41, 5.74) is -0.0828. The summed E-state index contributed by atoms with van der Waals surface area (Å²) >= 11 is 5.55. The maximum absolute atomic E-state index is 13.4. The Bertz CT molecular complexity index is 619. The third-order valence-corrected chi connectivity index (χ3v) is 3.24. The standard InChI is InChI=1S/C13H14ClFN4O2/c14-10-7-13(19(20)21)12(8-11(10)15)17-3-1-2-5-18-6-4-16-9-18/h4,6-9,17H,1-3,5H2. The van der Waals surface area contributed by atoms with Crippen LogP contribution in [0.5, 0.6) is 0 Å². The second-order valence-corrected chi connectivity index (χ2v) is 4.88. The molecule has 0 amide bonds.